The molecule has 0 amide bonds. The van der Waals surface area contributed by atoms with Crippen LogP contribution in [0.4, 0.5) is 0 Å². The van der Waals surface area contributed by atoms with Gasteiger partial charge in [0.25, 0.3) is 0 Å². The average Bonchev–Trinajstić information content (AvgIpc) is 2.48. The SMILES string of the molecule is CC(O)CCc1cccc2c1OC(C)(C)C2. The lowest BCUT2D eigenvalue weighted by atomic mass is 9.99. The number of aliphatic hydroxyl groups is 1. The maximum atomic E-state index is 9.32. The first-order chi connectivity index (χ1) is 7.48. The standard InChI is InChI=1S/C14H20O2/c1-10(15)7-8-11-5-4-6-12-9-14(2,3)16-13(11)12/h4-6,10,15H,7-9H2,1-3H3. The Bertz CT molecular complexity index is 380. The van der Waals surface area contributed by atoms with E-state index in [9.17, 15) is 5.11 Å². The van der Waals surface area contributed by atoms with Crippen LogP contribution in [0.5, 0.6) is 5.75 Å². The molecule has 1 unspecified atom stereocenters. The molecule has 0 aromatic heterocycles. The molecular weight excluding hydrogens is 200 g/mol. The van der Waals surface area contributed by atoms with Gasteiger partial charge in [0.1, 0.15) is 11.4 Å². The molecule has 0 saturated carbocycles. The number of para-hydroxylation sites is 1. The second-order valence-electron chi connectivity index (χ2n) is 5.33. The van der Waals surface area contributed by atoms with Gasteiger partial charge in [0.2, 0.25) is 0 Å². The van der Waals surface area contributed by atoms with Crippen molar-refractivity contribution < 1.29 is 9.84 Å². The molecule has 2 rings (SSSR count). The molecule has 1 N–H and O–H groups in total. The summed E-state index contributed by atoms with van der Waals surface area (Å²) in [6.07, 6.45) is 2.41. The molecule has 1 aromatic rings. The molecule has 1 aliphatic rings. The summed E-state index contributed by atoms with van der Waals surface area (Å²) in [5.41, 5.74) is 2.44. The Morgan fingerprint density at radius 3 is 2.88 bits per heavy atom. The molecular formula is C14H20O2. The monoisotopic (exact) mass is 220 g/mol. The van der Waals surface area contributed by atoms with E-state index in [0.717, 1.165) is 25.0 Å². The highest BCUT2D eigenvalue weighted by atomic mass is 16.5. The fraction of sp³-hybridized carbons (Fsp3) is 0.571. The number of ether oxygens (including phenoxy) is 1. The van der Waals surface area contributed by atoms with Crippen LogP contribution >= 0.6 is 0 Å². The second kappa shape index (κ2) is 4.10. The van der Waals surface area contributed by atoms with Gasteiger partial charge in [0.15, 0.2) is 0 Å². The summed E-state index contributed by atoms with van der Waals surface area (Å²) in [6, 6.07) is 6.32. The molecule has 16 heavy (non-hydrogen) atoms. The Morgan fingerprint density at radius 2 is 2.19 bits per heavy atom. The van der Waals surface area contributed by atoms with E-state index in [0.29, 0.717) is 0 Å². The summed E-state index contributed by atoms with van der Waals surface area (Å²) in [4.78, 5) is 0. The van der Waals surface area contributed by atoms with Crippen molar-refractivity contribution in [2.75, 3.05) is 0 Å². The first-order valence-electron chi connectivity index (χ1n) is 5.96. The van der Waals surface area contributed by atoms with Gasteiger partial charge in [-0.1, -0.05) is 18.2 Å². The predicted molar refractivity (Wildman–Crippen MR) is 64.9 cm³/mol. The highest BCUT2D eigenvalue weighted by molar-refractivity contribution is 5.45. The van der Waals surface area contributed by atoms with Gasteiger partial charge in [0, 0.05) is 6.42 Å². The van der Waals surface area contributed by atoms with Crippen LogP contribution in [0.1, 0.15) is 38.3 Å². The van der Waals surface area contributed by atoms with Crippen LogP contribution in [-0.2, 0) is 12.8 Å². The van der Waals surface area contributed by atoms with E-state index in [1.54, 1.807) is 0 Å². The maximum Gasteiger partial charge on any atom is 0.126 e. The maximum absolute atomic E-state index is 9.32. The minimum atomic E-state index is -0.245. The molecule has 0 saturated heterocycles. The normalized spacial score (nSPS) is 19.0. The zero-order chi connectivity index (χ0) is 11.8. The highest BCUT2D eigenvalue weighted by Gasteiger charge is 2.31. The molecule has 0 spiro atoms. The van der Waals surface area contributed by atoms with E-state index >= 15 is 0 Å². The Balaban J connectivity index is 2.20. The van der Waals surface area contributed by atoms with Crippen LogP contribution in [0, 0.1) is 0 Å². The summed E-state index contributed by atoms with van der Waals surface area (Å²) < 4.78 is 5.98. The van der Waals surface area contributed by atoms with Crippen LogP contribution in [-0.4, -0.2) is 16.8 Å². The molecule has 1 heterocycles. The zero-order valence-electron chi connectivity index (χ0n) is 10.3. The number of hydrogen-bond acceptors (Lipinski definition) is 2. The molecule has 0 bridgehead atoms. The van der Waals surface area contributed by atoms with Gasteiger partial charge in [0.05, 0.1) is 6.10 Å². The van der Waals surface area contributed by atoms with E-state index in [4.69, 9.17) is 4.74 Å². The summed E-state index contributed by atoms with van der Waals surface area (Å²) >= 11 is 0. The Morgan fingerprint density at radius 1 is 1.44 bits per heavy atom. The molecule has 88 valence electrons. The van der Waals surface area contributed by atoms with Crippen molar-refractivity contribution in [2.45, 2.75) is 51.7 Å². The molecule has 2 heteroatoms. The predicted octanol–water partition coefficient (Wildman–Crippen LogP) is 2.71. The Labute approximate surface area is 97.3 Å². The second-order valence-corrected chi connectivity index (χ2v) is 5.33. The van der Waals surface area contributed by atoms with Crippen molar-refractivity contribution >= 4 is 0 Å². The minimum Gasteiger partial charge on any atom is -0.487 e. The van der Waals surface area contributed by atoms with Crippen molar-refractivity contribution in [2.24, 2.45) is 0 Å². The molecule has 0 radical (unpaired) electrons. The highest BCUT2D eigenvalue weighted by Crippen LogP contribution is 2.37. The number of hydrogen-bond donors (Lipinski definition) is 1. The van der Waals surface area contributed by atoms with Gasteiger partial charge in [-0.2, -0.15) is 0 Å². The average molecular weight is 220 g/mol. The molecule has 1 aliphatic heterocycles. The fourth-order valence-corrected chi connectivity index (χ4v) is 2.24. The number of benzene rings is 1. The van der Waals surface area contributed by atoms with Crippen molar-refractivity contribution in [1.82, 2.24) is 0 Å². The van der Waals surface area contributed by atoms with Gasteiger partial charge in [-0.25, -0.2) is 0 Å². The van der Waals surface area contributed by atoms with Crippen LogP contribution in [0.2, 0.25) is 0 Å². The number of aliphatic hydroxyl groups excluding tert-OH is 1. The zero-order valence-corrected chi connectivity index (χ0v) is 10.3. The molecule has 1 aromatic carbocycles. The van der Waals surface area contributed by atoms with Crippen molar-refractivity contribution in [3.05, 3.63) is 29.3 Å². The van der Waals surface area contributed by atoms with Crippen LogP contribution in [0.25, 0.3) is 0 Å². The lowest BCUT2D eigenvalue weighted by Crippen LogP contribution is -2.24. The Hall–Kier alpha value is -1.02. The van der Waals surface area contributed by atoms with Gasteiger partial charge in [-0.15, -0.1) is 0 Å². The number of fused-ring (bicyclic) bond motifs is 1. The first-order valence-corrected chi connectivity index (χ1v) is 5.96. The van der Waals surface area contributed by atoms with E-state index in [2.05, 4.69) is 32.0 Å². The minimum absolute atomic E-state index is 0.0801. The van der Waals surface area contributed by atoms with Gasteiger partial charge in [-0.05, 0) is 44.7 Å². The Kier molecular flexibility index (Phi) is 2.94. The lowest BCUT2D eigenvalue weighted by molar-refractivity contribution is 0.136. The molecule has 0 aliphatic carbocycles. The molecule has 1 atom stereocenters. The van der Waals surface area contributed by atoms with E-state index < -0.39 is 0 Å². The van der Waals surface area contributed by atoms with Crippen LogP contribution in [0.15, 0.2) is 18.2 Å². The summed E-state index contributed by atoms with van der Waals surface area (Å²) in [6.45, 7) is 6.06. The lowest BCUT2D eigenvalue weighted by Gasteiger charge is -2.18. The van der Waals surface area contributed by atoms with Crippen molar-refractivity contribution in [3.8, 4) is 5.75 Å². The summed E-state index contributed by atoms with van der Waals surface area (Å²) in [5, 5.41) is 9.32. The number of rotatable bonds is 3. The third kappa shape index (κ3) is 2.38. The van der Waals surface area contributed by atoms with Crippen molar-refractivity contribution in [1.29, 1.82) is 0 Å². The third-order valence-corrected chi connectivity index (χ3v) is 3.00. The smallest absolute Gasteiger partial charge is 0.126 e. The van der Waals surface area contributed by atoms with E-state index in [1.165, 1.54) is 11.1 Å². The summed E-state index contributed by atoms with van der Waals surface area (Å²) in [5.74, 6) is 1.05. The number of aryl methyl sites for hydroxylation is 1. The van der Waals surface area contributed by atoms with Crippen molar-refractivity contribution in [3.63, 3.8) is 0 Å². The van der Waals surface area contributed by atoms with Crippen LogP contribution < -0.4 is 4.74 Å². The van der Waals surface area contributed by atoms with Gasteiger partial charge >= 0.3 is 0 Å². The largest absolute Gasteiger partial charge is 0.487 e. The van der Waals surface area contributed by atoms with Gasteiger partial charge in [-0.3, -0.25) is 0 Å². The molecule has 2 nitrogen and oxygen atoms in total. The van der Waals surface area contributed by atoms with Gasteiger partial charge < -0.3 is 9.84 Å². The summed E-state index contributed by atoms with van der Waals surface area (Å²) in [7, 11) is 0. The molecule has 0 fully saturated rings. The first kappa shape index (κ1) is 11.5. The van der Waals surface area contributed by atoms with Crippen LogP contribution in [0.3, 0.4) is 0 Å². The van der Waals surface area contributed by atoms with E-state index in [1.807, 2.05) is 6.92 Å². The fourth-order valence-electron chi connectivity index (χ4n) is 2.24. The quantitative estimate of drug-likeness (QED) is 0.848. The topological polar surface area (TPSA) is 29.5 Å². The third-order valence-electron chi connectivity index (χ3n) is 3.00. The van der Waals surface area contributed by atoms with E-state index in [-0.39, 0.29) is 11.7 Å².